The molecule has 1 unspecified atom stereocenters. The van der Waals surface area contributed by atoms with Crippen LogP contribution in [-0.2, 0) is 6.54 Å². The van der Waals surface area contributed by atoms with E-state index in [-0.39, 0.29) is 0 Å². The summed E-state index contributed by atoms with van der Waals surface area (Å²) in [7, 11) is 0. The van der Waals surface area contributed by atoms with E-state index in [0.29, 0.717) is 11.8 Å². The Morgan fingerprint density at radius 3 is 2.74 bits per heavy atom. The maximum Gasteiger partial charge on any atom is 0.191 e. The van der Waals surface area contributed by atoms with Gasteiger partial charge in [-0.05, 0) is 24.8 Å². The molecule has 0 amide bonds. The van der Waals surface area contributed by atoms with Crippen molar-refractivity contribution in [3.8, 4) is 0 Å². The van der Waals surface area contributed by atoms with Crippen LogP contribution in [0.15, 0.2) is 29.3 Å². The van der Waals surface area contributed by atoms with E-state index in [1.165, 1.54) is 0 Å². The molecule has 0 spiro atoms. The number of hydrogen-bond acceptors (Lipinski definition) is 2. The van der Waals surface area contributed by atoms with E-state index in [2.05, 4.69) is 35.7 Å². The van der Waals surface area contributed by atoms with Crippen LogP contribution >= 0.6 is 23.4 Å². The molecule has 0 saturated carbocycles. The zero-order valence-electron chi connectivity index (χ0n) is 11.7. The SMILES string of the molecule is CCNC(=NCc1ccccc1Cl)NCC(C)SC. The molecule has 2 N–H and O–H groups in total. The molecule has 0 aliphatic carbocycles. The molecular weight excluding hydrogens is 278 g/mol. The summed E-state index contributed by atoms with van der Waals surface area (Å²) in [6.45, 7) is 6.58. The Hall–Kier alpha value is -0.870. The molecule has 0 heterocycles. The largest absolute Gasteiger partial charge is 0.357 e. The number of aliphatic imine (C=N–C) groups is 1. The summed E-state index contributed by atoms with van der Waals surface area (Å²) < 4.78 is 0. The van der Waals surface area contributed by atoms with Crippen LogP contribution in [0.25, 0.3) is 0 Å². The first kappa shape index (κ1) is 16.2. The van der Waals surface area contributed by atoms with Crippen molar-refractivity contribution in [2.75, 3.05) is 19.3 Å². The average Bonchev–Trinajstić information content (AvgIpc) is 2.43. The quantitative estimate of drug-likeness (QED) is 0.626. The van der Waals surface area contributed by atoms with Crippen LogP contribution in [0.2, 0.25) is 5.02 Å². The minimum absolute atomic E-state index is 0.559. The monoisotopic (exact) mass is 299 g/mol. The van der Waals surface area contributed by atoms with Crippen molar-refractivity contribution >= 4 is 29.3 Å². The van der Waals surface area contributed by atoms with Crippen LogP contribution in [0.3, 0.4) is 0 Å². The highest BCUT2D eigenvalue weighted by Gasteiger charge is 2.03. The Bertz CT molecular complexity index is 409. The summed E-state index contributed by atoms with van der Waals surface area (Å²) in [4.78, 5) is 4.55. The fourth-order valence-corrected chi connectivity index (χ4v) is 1.90. The summed E-state index contributed by atoms with van der Waals surface area (Å²) >= 11 is 7.96. The Morgan fingerprint density at radius 1 is 1.37 bits per heavy atom. The molecule has 5 heteroatoms. The molecule has 0 aliphatic rings. The van der Waals surface area contributed by atoms with Crippen molar-refractivity contribution in [3.05, 3.63) is 34.9 Å². The maximum atomic E-state index is 6.12. The molecule has 1 rings (SSSR count). The van der Waals surface area contributed by atoms with Gasteiger partial charge in [0.05, 0.1) is 6.54 Å². The summed E-state index contributed by atoms with van der Waals surface area (Å²) in [6, 6.07) is 7.80. The number of rotatable bonds is 6. The van der Waals surface area contributed by atoms with Crippen LogP contribution in [-0.4, -0.2) is 30.6 Å². The highest BCUT2D eigenvalue weighted by Crippen LogP contribution is 2.15. The van der Waals surface area contributed by atoms with Gasteiger partial charge in [0.1, 0.15) is 0 Å². The third-order valence-electron chi connectivity index (χ3n) is 2.67. The van der Waals surface area contributed by atoms with Gasteiger partial charge in [-0.3, -0.25) is 0 Å². The van der Waals surface area contributed by atoms with Crippen molar-refractivity contribution in [1.82, 2.24) is 10.6 Å². The number of thioether (sulfide) groups is 1. The highest BCUT2D eigenvalue weighted by atomic mass is 35.5. The lowest BCUT2D eigenvalue weighted by Gasteiger charge is -2.14. The van der Waals surface area contributed by atoms with Gasteiger partial charge in [-0.25, -0.2) is 4.99 Å². The zero-order valence-corrected chi connectivity index (χ0v) is 13.3. The second-order valence-electron chi connectivity index (χ2n) is 4.21. The Morgan fingerprint density at radius 2 is 2.11 bits per heavy atom. The average molecular weight is 300 g/mol. The fourth-order valence-electron chi connectivity index (χ4n) is 1.46. The predicted molar refractivity (Wildman–Crippen MR) is 87.2 cm³/mol. The molecule has 0 radical (unpaired) electrons. The van der Waals surface area contributed by atoms with Crippen LogP contribution in [0, 0.1) is 0 Å². The highest BCUT2D eigenvalue weighted by molar-refractivity contribution is 7.99. The molecule has 0 bridgehead atoms. The standard InChI is InChI=1S/C14H22ClN3S/c1-4-16-14(17-9-11(2)19-3)18-10-12-7-5-6-8-13(12)15/h5-8,11H,4,9-10H2,1-3H3,(H2,16,17,18). The molecule has 106 valence electrons. The summed E-state index contributed by atoms with van der Waals surface area (Å²) in [5.74, 6) is 0.836. The topological polar surface area (TPSA) is 36.4 Å². The molecule has 0 saturated heterocycles. The smallest absolute Gasteiger partial charge is 0.191 e. The molecule has 19 heavy (non-hydrogen) atoms. The van der Waals surface area contributed by atoms with E-state index in [0.717, 1.165) is 29.6 Å². The third kappa shape index (κ3) is 6.21. The van der Waals surface area contributed by atoms with Crippen molar-refractivity contribution < 1.29 is 0 Å². The van der Waals surface area contributed by atoms with E-state index in [1.807, 2.05) is 36.0 Å². The first-order chi connectivity index (χ1) is 9.17. The van der Waals surface area contributed by atoms with Gasteiger partial charge >= 0.3 is 0 Å². The lowest BCUT2D eigenvalue weighted by Crippen LogP contribution is -2.40. The van der Waals surface area contributed by atoms with E-state index in [4.69, 9.17) is 11.6 Å². The number of nitrogens with one attached hydrogen (secondary N) is 2. The van der Waals surface area contributed by atoms with Gasteiger partial charge in [-0.15, -0.1) is 0 Å². The van der Waals surface area contributed by atoms with Crippen LogP contribution in [0.1, 0.15) is 19.4 Å². The third-order valence-corrected chi connectivity index (χ3v) is 4.01. The van der Waals surface area contributed by atoms with Gasteiger partial charge in [-0.2, -0.15) is 11.8 Å². The van der Waals surface area contributed by atoms with Crippen LogP contribution < -0.4 is 10.6 Å². The second-order valence-corrected chi connectivity index (χ2v) is 5.90. The van der Waals surface area contributed by atoms with Gasteiger partial charge < -0.3 is 10.6 Å². The van der Waals surface area contributed by atoms with E-state index >= 15 is 0 Å². The molecular formula is C14H22ClN3S. The first-order valence-electron chi connectivity index (χ1n) is 6.45. The van der Waals surface area contributed by atoms with Crippen LogP contribution in [0.4, 0.5) is 0 Å². The van der Waals surface area contributed by atoms with Crippen LogP contribution in [0.5, 0.6) is 0 Å². The maximum absolute atomic E-state index is 6.12. The van der Waals surface area contributed by atoms with Gasteiger partial charge in [0.15, 0.2) is 5.96 Å². The van der Waals surface area contributed by atoms with Gasteiger partial charge in [-0.1, -0.05) is 36.7 Å². The minimum atomic E-state index is 0.559. The van der Waals surface area contributed by atoms with Crippen molar-refractivity contribution in [2.24, 2.45) is 4.99 Å². The molecule has 0 aromatic heterocycles. The molecule has 1 aromatic rings. The predicted octanol–water partition coefficient (Wildman–Crippen LogP) is 3.15. The number of nitrogens with zero attached hydrogens (tertiary/aromatic N) is 1. The molecule has 0 fully saturated rings. The molecule has 3 nitrogen and oxygen atoms in total. The lowest BCUT2D eigenvalue weighted by atomic mass is 10.2. The Balaban J connectivity index is 2.60. The molecule has 1 atom stereocenters. The summed E-state index contributed by atoms with van der Waals surface area (Å²) in [5, 5.41) is 7.90. The first-order valence-corrected chi connectivity index (χ1v) is 8.12. The van der Waals surface area contributed by atoms with E-state index < -0.39 is 0 Å². The van der Waals surface area contributed by atoms with Gasteiger partial charge in [0, 0.05) is 23.4 Å². The Kier molecular flexibility index (Phi) is 7.75. The Labute approximate surface area is 125 Å². The zero-order chi connectivity index (χ0) is 14.1. The lowest BCUT2D eigenvalue weighted by molar-refractivity contribution is 0.795. The number of halogens is 1. The van der Waals surface area contributed by atoms with Gasteiger partial charge in [0.25, 0.3) is 0 Å². The molecule has 1 aromatic carbocycles. The summed E-state index contributed by atoms with van der Waals surface area (Å²) in [5.41, 5.74) is 1.04. The van der Waals surface area contributed by atoms with E-state index in [9.17, 15) is 0 Å². The second kappa shape index (κ2) is 9.10. The molecule has 0 aliphatic heterocycles. The van der Waals surface area contributed by atoms with Crippen molar-refractivity contribution in [3.63, 3.8) is 0 Å². The normalized spacial score (nSPS) is 13.2. The van der Waals surface area contributed by atoms with E-state index in [1.54, 1.807) is 0 Å². The summed E-state index contributed by atoms with van der Waals surface area (Å²) in [6.07, 6.45) is 2.11. The number of guanidine groups is 1. The van der Waals surface area contributed by atoms with Crippen molar-refractivity contribution in [2.45, 2.75) is 25.6 Å². The fraction of sp³-hybridized carbons (Fsp3) is 0.500. The van der Waals surface area contributed by atoms with Gasteiger partial charge in [0.2, 0.25) is 0 Å². The van der Waals surface area contributed by atoms with Crippen molar-refractivity contribution in [1.29, 1.82) is 0 Å². The number of hydrogen-bond donors (Lipinski definition) is 2. The number of benzene rings is 1. The minimum Gasteiger partial charge on any atom is -0.357 e.